The molecule has 0 saturated heterocycles. The van der Waals surface area contributed by atoms with Gasteiger partial charge >= 0.3 is 6.18 Å². The number of rotatable bonds is 11. The summed E-state index contributed by atoms with van der Waals surface area (Å²) in [5.74, 6) is -1.32. The Morgan fingerprint density at radius 3 is 2.13 bits per heavy atom. The molecule has 0 radical (unpaired) electrons. The van der Waals surface area contributed by atoms with E-state index in [9.17, 15) is 31.2 Å². The second kappa shape index (κ2) is 14.6. The van der Waals surface area contributed by atoms with E-state index in [4.69, 9.17) is 34.8 Å². The molecule has 3 aromatic carbocycles. The van der Waals surface area contributed by atoms with E-state index in [1.807, 2.05) is 0 Å². The van der Waals surface area contributed by atoms with Crippen molar-refractivity contribution in [3.8, 4) is 0 Å². The molecule has 3 aromatic rings. The second-order valence-corrected chi connectivity index (χ2v) is 14.0. The zero-order chi connectivity index (χ0) is 32.9. The van der Waals surface area contributed by atoms with Crippen molar-refractivity contribution in [3.05, 3.63) is 98.5 Å². The van der Waals surface area contributed by atoms with Gasteiger partial charge in [-0.1, -0.05) is 84.0 Å². The molecule has 1 atom stereocenters. The highest BCUT2D eigenvalue weighted by atomic mass is 35.5. The van der Waals surface area contributed by atoms with Crippen molar-refractivity contribution in [2.45, 2.75) is 56.9 Å². The average molecular weight is 705 g/mol. The Bertz CT molecular complexity index is 1620. The molecular formula is C31H31Cl3F3N3O4S. The van der Waals surface area contributed by atoms with E-state index >= 15 is 0 Å². The Labute approximate surface area is 275 Å². The van der Waals surface area contributed by atoms with Crippen molar-refractivity contribution in [2.24, 2.45) is 0 Å². The molecule has 242 valence electrons. The van der Waals surface area contributed by atoms with Gasteiger partial charge in [-0.25, -0.2) is 8.42 Å². The van der Waals surface area contributed by atoms with Crippen molar-refractivity contribution in [2.75, 3.05) is 17.1 Å². The maximum Gasteiger partial charge on any atom is 0.417 e. The van der Waals surface area contributed by atoms with Gasteiger partial charge in [0.2, 0.25) is 21.8 Å². The monoisotopic (exact) mass is 703 g/mol. The Morgan fingerprint density at radius 1 is 0.933 bits per heavy atom. The first-order valence-electron chi connectivity index (χ1n) is 14.1. The van der Waals surface area contributed by atoms with Crippen LogP contribution in [-0.4, -0.2) is 50.0 Å². The van der Waals surface area contributed by atoms with Crippen LogP contribution in [0.4, 0.5) is 18.9 Å². The lowest BCUT2D eigenvalue weighted by Gasteiger charge is -2.34. The number of alkyl halides is 3. The minimum absolute atomic E-state index is 0.0608. The van der Waals surface area contributed by atoms with Gasteiger partial charge < -0.3 is 10.2 Å². The zero-order valence-corrected chi connectivity index (χ0v) is 27.2. The van der Waals surface area contributed by atoms with Crippen LogP contribution < -0.4 is 9.62 Å². The first-order valence-corrected chi connectivity index (χ1v) is 17.0. The van der Waals surface area contributed by atoms with Crippen molar-refractivity contribution < 1.29 is 31.2 Å². The van der Waals surface area contributed by atoms with Gasteiger partial charge in [-0.3, -0.25) is 13.9 Å². The molecular weight excluding hydrogens is 674 g/mol. The summed E-state index contributed by atoms with van der Waals surface area (Å²) in [6, 6.07) is 15.0. The molecule has 0 heterocycles. The number of nitrogens with one attached hydrogen (secondary N) is 1. The van der Waals surface area contributed by atoms with Gasteiger partial charge in [0, 0.05) is 34.6 Å². The summed E-state index contributed by atoms with van der Waals surface area (Å²) in [5, 5.41) is 2.81. The maximum atomic E-state index is 14.2. The van der Waals surface area contributed by atoms with E-state index in [0.717, 1.165) is 49.6 Å². The number of halogens is 6. The molecule has 1 fully saturated rings. The fourth-order valence-electron chi connectivity index (χ4n) is 5.27. The minimum Gasteiger partial charge on any atom is -0.352 e. The van der Waals surface area contributed by atoms with Crippen LogP contribution in [0.15, 0.2) is 66.7 Å². The molecule has 0 spiro atoms. The van der Waals surface area contributed by atoms with E-state index in [0.29, 0.717) is 15.9 Å². The number of benzene rings is 3. The molecule has 14 heteroatoms. The third kappa shape index (κ3) is 9.06. The number of amides is 2. The van der Waals surface area contributed by atoms with Crippen LogP contribution in [0.1, 0.15) is 42.4 Å². The molecule has 1 aliphatic rings. The van der Waals surface area contributed by atoms with Crippen LogP contribution in [0.2, 0.25) is 15.1 Å². The van der Waals surface area contributed by atoms with E-state index in [-0.39, 0.29) is 29.1 Å². The SMILES string of the molecule is CS(=O)(=O)N(CC(=O)N(Cc1c(Cl)cccc1Cl)C(Cc1ccccc1)C(=O)NC1CCCC1)c1ccc(Cl)c(C(F)(F)F)c1. The summed E-state index contributed by atoms with van der Waals surface area (Å²) >= 11 is 18.7. The molecule has 1 unspecified atom stereocenters. The summed E-state index contributed by atoms with van der Waals surface area (Å²) in [5.41, 5.74) is -0.647. The first kappa shape index (κ1) is 34.9. The van der Waals surface area contributed by atoms with Crippen molar-refractivity contribution in [1.29, 1.82) is 0 Å². The molecule has 0 aliphatic heterocycles. The van der Waals surface area contributed by atoms with Gasteiger partial charge in [0.25, 0.3) is 0 Å². The highest BCUT2D eigenvalue weighted by Gasteiger charge is 2.37. The molecule has 1 aliphatic carbocycles. The van der Waals surface area contributed by atoms with Crippen LogP contribution in [0.3, 0.4) is 0 Å². The third-order valence-corrected chi connectivity index (χ3v) is 9.76. The van der Waals surface area contributed by atoms with Crippen LogP contribution in [-0.2, 0) is 38.8 Å². The summed E-state index contributed by atoms with van der Waals surface area (Å²) in [6.07, 6.45) is -0.627. The Balaban J connectivity index is 1.79. The van der Waals surface area contributed by atoms with Crippen molar-refractivity contribution >= 4 is 62.3 Å². The molecule has 7 nitrogen and oxygen atoms in total. The van der Waals surface area contributed by atoms with Gasteiger partial charge in [0.05, 0.1) is 22.5 Å². The quantitative estimate of drug-likeness (QED) is 0.230. The number of sulfonamides is 1. The number of carbonyl (C=O) groups is 2. The number of hydrogen-bond acceptors (Lipinski definition) is 4. The van der Waals surface area contributed by atoms with Crippen molar-refractivity contribution in [3.63, 3.8) is 0 Å². The lowest BCUT2D eigenvalue weighted by atomic mass is 10.0. The maximum absolute atomic E-state index is 14.2. The molecule has 45 heavy (non-hydrogen) atoms. The molecule has 1 saturated carbocycles. The minimum atomic E-state index is -4.88. The first-order chi connectivity index (χ1) is 21.1. The topological polar surface area (TPSA) is 86.8 Å². The summed E-state index contributed by atoms with van der Waals surface area (Å²) in [6.45, 7) is -1.19. The standard InChI is InChI=1S/C31H31Cl3F3N3O4S/c1-45(43,44)40(22-14-15-27(34)24(17-22)31(35,36)37)19-29(41)39(18-23-25(32)12-7-13-26(23)33)28(16-20-8-3-2-4-9-20)30(42)38-21-10-5-6-11-21/h2-4,7-9,12-15,17,21,28H,5-6,10-11,16,18-19H2,1H3,(H,38,42). The predicted molar refractivity (Wildman–Crippen MR) is 170 cm³/mol. The lowest BCUT2D eigenvalue weighted by molar-refractivity contribution is -0.140. The van der Waals surface area contributed by atoms with Crippen LogP contribution in [0.25, 0.3) is 0 Å². The van der Waals surface area contributed by atoms with E-state index in [2.05, 4.69) is 5.32 Å². The summed E-state index contributed by atoms with van der Waals surface area (Å²) in [7, 11) is -4.31. The summed E-state index contributed by atoms with van der Waals surface area (Å²) in [4.78, 5) is 29.3. The number of carbonyl (C=O) groups excluding carboxylic acids is 2. The zero-order valence-electron chi connectivity index (χ0n) is 24.2. The molecule has 0 aromatic heterocycles. The smallest absolute Gasteiger partial charge is 0.352 e. The highest BCUT2D eigenvalue weighted by molar-refractivity contribution is 7.92. The van der Waals surface area contributed by atoms with E-state index in [1.165, 1.54) is 4.90 Å². The average Bonchev–Trinajstić information content (AvgIpc) is 3.47. The van der Waals surface area contributed by atoms with Gasteiger partial charge in [0.1, 0.15) is 12.6 Å². The van der Waals surface area contributed by atoms with Gasteiger partial charge in [-0.2, -0.15) is 13.2 Å². The number of anilines is 1. The Kier molecular flexibility index (Phi) is 11.3. The molecule has 4 rings (SSSR count). The number of nitrogens with zero attached hydrogens (tertiary/aromatic N) is 2. The van der Waals surface area contributed by atoms with Crippen molar-refractivity contribution in [1.82, 2.24) is 10.2 Å². The molecule has 0 bridgehead atoms. The van der Waals surface area contributed by atoms with Gasteiger partial charge in [-0.05, 0) is 48.7 Å². The lowest BCUT2D eigenvalue weighted by Crippen LogP contribution is -2.54. The fourth-order valence-corrected chi connectivity index (χ4v) is 6.86. The Morgan fingerprint density at radius 2 is 1.56 bits per heavy atom. The normalized spacial score (nSPS) is 14.6. The van der Waals surface area contributed by atoms with Crippen LogP contribution in [0.5, 0.6) is 0 Å². The van der Waals surface area contributed by atoms with Crippen LogP contribution >= 0.6 is 34.8 Å². The second-order valence-electron chi connectivity index (χ2n) is 10.8. The largest absolute Gasteiger partial charge is 0.417 e. The molecule has 2 amide bonds. The Hall–Kier alpha value is -2.99. The fraction of sp³-hybridized carbons (Fsp3) is 0.355. The summed E-state index contributed by atoms with van der Waals surface area (Å²) < 4.78 is 67.5. The molecule has 1 N–H and O–H groups in total. The van der Waals surface area contributed by atoms with E-state index < -0.39 is 56.9 Å². The number of hydrogen-bond donors (Lipinski definition) is 1. The van der Waals surface area contributed by atoms with Gasteiger partial charge in [-0.15, -0.1) is 0 Å². The van der Waals surface area contributed by atoms with Gasteiger partial charge in [0.15, 0.2) is 0 Å². The van der Waals surface area contributed by atoms with E-state index in [1.54, 1.807) is 48.5 Å². The predicted octanol–water partition coefficient (Wildman–Crippen LogP) is 7.13. The highest BCUT2D eigenvalue weighted by Crippen LogP contribution is 2.37. The third-order valence-electron chi connectivity index (χ3n) is 7.59. The van der Waals surface area contributed by atoms with Crippen LogP contribution in [0, 0.1) is 0 Å².